The van der Waals surface area contributed by atoms with Crippen LogP contribution in [0, 0.1) is 0 Å². The fourth-order valence-electron chi connectivity index (χ4n) is 2.59. The topological polar surface area (TPSA) is 128 Å². The van der Waals surface area contributed by atoms with Crippen LogP contribution >= 0.6 is 0 Å². The van der Waals surface area contributed by atoms with E-state index in [0.717, 1.165) is 0 Å². The summed E-state index contributed by atoms with van der Waals surface area (Å²) >= 11 is 0. The second kappa shape index (κ2) is 13.3. The zero-order valence-electron chi connectivity index (χ0n) is 18.6. The molecule has 0 fully saturated rings. The van der Waals surface area contributed by atoms with Crippen LogP contribution in [0.2, 0.25) is 0 Å². The number of para-hydroxylation sites is 2. The zero-order chi connectivity index (χ0) is 24.1. The van der Waals surface area contributed by atoms with Crippen molar-refractivity contribution in [3.63, 3.8) is 0 Å². The highest BCUT2D eigenvalue weighted by molar-refractivity contribution is 6.33. The van der Waals surface area contributed by atoms with Crippen molar-refractivity contribution in [2.75, 3.05) is 17.5 Å². The summed E-state index contributed by atoms with van der Waals surface area (Å²) in [5.41, 5.74) is 7.17. The largest absolute Gasteiger partial charge is 0.462 e. The number of anilines is 2. The van der Waals surface area contributed by atoms with Crippen molar-refractivity contribution in [1.29, 1.82) is 0 Å². The Morgan fingerprint density at radius 2 is 1.36 bits per heavy atom. The second-order valence-corrected chi connectivity index (χ2v) is 6.73. The first-order valence-corrected chi connectivity index (χ1v) is 10.1. The molecule has 0 spiro atoms. The van der Waals surface area contributed by atoms with Crippen molar-refractivity contribution in [1.82, 2.24) is 0 Å². The molecule has 174 valence electrons. The van der Waals surface area contributed by atoms with E-state index in [2.05, 4.69) is 21.1 Å². The molecule has 10 heteroatoms. The van der Waals surface area contributed by atoms with Crippen molar-refractivity contribution in [3.8, 4) is 0 Å². The number of nitrogens with one attached hydrogen (secondary N) is 2. The number of esters is 3. The molecule has 0 saturated heterocycles. The van der Waals surface area contributed by atoms with Crippen molar-refractivity contribution < 1.29 is 28.6 Å². The Kier molecular flexibility index (Phi) is 10.1. The maximum absolute atomic E-state index is 11.9. The molecule has 2 aromatic carbocycles. The third-order valence-electron chi connectivity index (χ3n) is 3.94. The molecule has 0 radical (unpaired) electrons. The molecule has 0 heterocycles. The SMILES string of the molecule is CC(=O)OCC(OC(C)=O)C(OC(C)=O)C(/C=N\Nc1ccccc1)=N/Nc1ccccc1. The standard InChI is InChI=1S/C23H26N4O6/c1-16(28)31-15-22(32-17(2)29)23(33-18(3)30)21(27-26-20-12-8-5-9-13-20)14-24-25-19-10-6-4-7-11-19/h4-14,22-23,25-26H,15H2,1-3H3/b24-14-,27-21+. The molecule has 0 saturated carbocycles. The zero-order valence-corrected chi connectivity index (χ0v) is 18.6. The van der Waals surface area contributed by atoms with Gasteiger partial charge in [0.15, 0.2) is 12.2 Å². The number of hydrogen-bond acceptors (Lipinski definition) is 10. The summed E-state index contributed by atoms with van der Waals surface area (Å²) in [6.07, 6.45) is -1.06. The van der Waals surface area contributed by atoms with Crippen LogP contribution in [0.3, 0.4) is 0 Å². The van der Waals surface area contributed by atoms with Gasteiger partial charge in [-0.1, -0.05) is 36.4 Å². The van der Waals surface area contributed by atoms with E-state index >= 15 is 0 Å². The summed E-state index contributed by atoms with van der Waals surface area (Å²) in [5, 5.41) is 8.46. The number of benzene rings is 2. The van der Waals surface area contributed by atoms with Crippen LogP contribution in [0.25, 0.3) is 0 Å². The Labute approximate surface area is 191 Å². The predicted molar refractivity (Wildman–Crippen MR) is 124 cm³/mol. The summed E-state index contributed by atoms with van der Waals surface area (Å²) in [7, 11) is 0. The van der Waals surface area contributed by atoms with Gasteiger partial charge in [-0.05, 0) is 24.3 Å². The number of rotatable bonds is 11. The first-order valence-electron chi connectivity index (χ1n) is 10.1. The lowest BCUT2D eigenvalue weighted by Crippen LogP contribution is -2.44. The molecule has 0 aliphatic rings. The summed E-state index contributed by atoms with van der Waals surface area (Å²) < 4.78 is 15.7. The molecule has 0 aromatic heterocycles. The maximum Gasteiger partial charge on any atom is 0.303 e. The third-order valence-corrected chi connectivity index (χ3v) is 3.94. The smallest absolute Gasteiger partial charge is 0.303 e. The third kappa shape index (κ3) is 9.64. The van der Waals surface area contributed by atoms with E-state index in [1.165, 1.54) is 27.0 Å². The molecule has 0 aliphatic carbocycles. The Bertz CT molecular complexity index is 979. The second-order valence-electron chi connectivity index (χ2n) is 6.73. The summed E-state index contributed by atoms with van der Waals surface area (Å²) in [4.78, 5) is 34.9. The van der Waals surface area contributed by atoms with E-state index in [4.69, 9.17) is 14.2 Å². The van der Waals surface area contributed by atoms with Gasteiger partial charge < -0.3 is 14.2 Å². The minimum atomic E-state index is -1.22. The highest BCUT2D eigenvalue weighted by Gasteiger charge is 2.33. The van der Waals surface area contributed by atoms with Gasteiger partial charge in [0.25, 0.3) is 0 Å². The van der Waals surface area contributed by atoms with Crippen molar-refractivity contribution in [2.24, 2.45) is 10.2 Å². The van der Waals surface area contributed by atoms with E-state index in [1.54, 1.807) is 12.1 Å². The van der Waals surface area contributed by atoms with Crippen molar-refractivity contribution in [2.45, 2.75) is 33.0 Å². The van der Waals surface area contributed by atoms with E-state index in [9.17, 15) is 14.4 Å². The summed E-state index contributed by atoms with van der Waals surface area (Å²) in [5.74, 6) is -1.90. The molecular weight excluding hydrogens is 428 g/mol. The van der Waals surface area contributed by atoms with Gasteiger partial charge in [0.2, 0.25) is 0 Å². The van der Waals surface area contributed by atoms with Gasteiger partial charge in [-0.2, -0.15) is 10.2 Å². The fourth-order valence-corrected chi connectivity index (χ4v) is 2.59. The van der Waals surface area contributed by atoms with Crippen LogP contribution in [0.4, 0.5) is 11.4 Å². The number of carbonyl (C=O) groups excluding carboxylic acids is 3. The normalized spacial score (nSPS) is 13.0. The lowest BCUT2D eigenvalue weighted by molar-refractivity contribution is -0.167. The Balaban J connectivity index is 2.38. The first kappa shape index (κ1) is 25.1. The van der Waals surface area contributed by atoms with Gasteiger partial charge in [-0.3, -0.25) is 25.2 Å². The summed E-state index contributed by atoms with van der Waals surface area (Å²) in [6, 6.07) is 18.2. The molecule has 0 amide bonds. The molecule has 10 nitrogen and oxygen atoms in total. The predicted octanol–water partition coefficient (Wildman–Crippen LogP) is 2.98. The number of hydrazone groups is 2. The molecule has 2 rings (SSSR count). The average Bonchev–Trinajstić information content (AvgIpc) is 2.78. The van der Waals surface area contributed by atoms with Crippen LogP contribution in [0.1, 0.15) is 20.8 Å². The number of ether oxygens (including phenoxy) is 3. The van der Waals surface area contributed by atoms with Crippen molar-refractivity contribution >= 4 is 41.2 Å². The van der Waals surface area contributed by atoms with Gasteiger partial charge >= 0.3 is 17.9 Å². The minimum absolute atomic E-state index is 0.107. The van der Waals surface area contributed by atoms with Crippen LogP contribution in [-0.4, -0.2) is 48.6 Å². The monoisotopic (exact) mass is 454 g/mol. The van der Waals surface area contributed by atoms with Gasteiger partial charge in [-0.15, -0.1) is 0 Å². The number of carbonyl (C=O) groups is 3. The van der Waals surface area contributed by atoms with Crippen LogP contribution in [-0.2, 0) is 28.6 Å². The van der Waals surface area contributed by atoms with E-state index < -0.39 is 30.1 Å². The van der Waals surface area contributed by atoms with Crippen LogP contribution < -0.4 is 10.9 Å². The van der Waals surface area contributed by atoms with Crippen LogP contribution in [0.15, 0.2) is 70.9 Å². The van der Waals surface area contributed by atoms with Gasteiger partial charge in [-0.25, -0.2) is 0 Å². The molecular formula is C23H26N4O6. The summed E-state index contributed by atoms with van der Waals surface area (Å²) in [6.45, 7) is 3.25. The lowest BCUT2D eigenvalue weighted by atomic mass is 10.1. The molecule has 2 unspecified atom stereocenters. The highest BCUT2D eigenvalue weighted by Crippen LogP contribution is 2.12. The van der Waals surface area contributed by atoms with E-state index in [1.807, 2.05) is 48.5 Å². The minimum Gasteiger partial charge on any atom is -0.462 e. The fraction of sp³-hybridized carbons (Fsp3) is 0.261. The number of hydrogen-bond donors (Lipinski definition) is 2. The average molecular weight is 454 g/mol. The van der Waals surface area contributed by atoms with Crippen LogP contribution in [0.5, 0.6) is 0 Å². The maximum atomic E-state index is 11.9. The van der Waals surface area contributed by atoms with E-state index in [-0.39, 0.29) is 12.3 Å². The number of nitrogens with zero attached hydrogens (tertiary/aromatic N) is 2. The molecule has 33 heavy (non-hydrogen) atoms. The Hall–Kier alpha value is -4.21. The first-order chi connectivity index (χ1) is 15.8. The molecule has 2 atom stereocenters. The highest BCUT2D eigenvalue weighted by atomic mass is 16.6. The van der Waals surface area contributed by atoms with E-state index in [0.29, 0.717) is 11.4 Å². The Morgan fingerprint density at radius 1 is 0.818 bits per heavy atom. The van der Waals surface area contributed by atoms with Gasteiger partial charge in [0.1, 0.15) is 12.3 Å². The lowest BCUT2D eigenvalue weighted by Gasteiger charge is -2.25. The van der Waals surface area contributed by atoms with Crippen molar-refractivity contribution in [3.05, 3.63) is 60.7 Å². The molecule has 0 bridgehead atoms. The Morgan fingerprint density at radius 3 is 1.88 bits per heavy atom. The molecule has 0 aliphatic heterocycles. The van der Waals surface area contributed by atoms with Gasteiger partial charge in [0.05, 0.1) is 17.6 Å². The molecule has 2 N–H and O–H groups in total. The molecule has 2 aromatic rings. The quantitative estimate of drug-likeness (QED) is 0.230. The van der Waals surface area contributed by atoms with Gasteiger partial charge in [0, 0.05) is 20.8 Å².